The van der Waals surface area contributed by atoms with E-state index in [0.29, 0.717) is 12.2 Å². The summed E-state index contributed by atoms with van der Waals surface area (Å²) in [5.74, 6) is 0.395. The van der Waals surface area contributed by atoms with Crippen LogP contribution in [0.1, 0.15) is 37.8 Å². The lowest BCUT2D eigenvalue weighted by Gasteiger charge is -2.34. The van der Waals surface area contributed by atoms with Crippen LogP contribution >= 0.6 is 0 Å². The molecule has 0 N–H and O–H groups in total. The molecule has 0 aromatic carbocycles. The maximum atomic E-state index is 12.5. The molecule has 0 radical (unpaired) electrons. The molecule has 1 fully saturated rings. The van der Waals surface area contributed by atoms with Crippen molar-refractivity contribution in [2.24, 2.45) is 7.05 Å². The Morgan fingerprint density at radius 1 is 1.44 bits per heavy atom. The second-order valence-corrected chi connectivity index (χ2v) is 5.50. The largest absolute Gasteiger partial charge is 0.298 e. The van der Waals surface area contributed by atoms with Crippen LogP contribution in [-0.4, -0.2) is 40.1 Å². The third-order valence-electron chi connectivity index (χ3n) is 4.34. The summed E-state index contributed by atoms with van der Waals surface area (Å²) in [6.45, 7) is 0. The van der Waals surface area contributed by atoms with Crippen molar-refractivity contribution in [3.63, 3.8) is 0 Å². The molecule has 4 nitrogen and oxygen atoms in total. The van der Waals surface area contributed by atoms with Gasteiger partial charge in [0.05, 0.1) is 5.54 Å². The zero-order chi connectivity index (χ0) is 13.2. The molecule has 1 heterocycles. The van der Waals surface area contributed by atoms with E-state index in [9.17, 15) is 4.79 Å². The molecule has 0 bridgehead atoms. The third-order valence-corrected chi connectivity index (χ3v) is 4.34. The summed E-state index contributed by atoms with van der Waals surface area (Å²) < 4.78 is 1.85. The maximum absolute atomic E-state index is 12.5. The summed E-state index contributed by atoms with van der Waals surface area (Å²) >= 11 is 0. The first-order valence-electron chi connectivity index (χ1n) is 6.74. The Balaban J connectivity index is 2.00. The molecule has 1 aliphatic carbocycles. The lowest BCUT2D eigenvalue weighted by atomic mass is 9.87. The number of likely N-dealkylation sites (N-methyl/N-ethyl adjacent to an activating group) is 1. The molecule has 0 spiro atoms. The van der Waals surface area contributed by atoms with Crippen LogP contribution in [0.2, 0.25) is 0 Å². The Labute approximate surface area is 109 Å². The van der Waals surface area contributed by atoms with Crippen molar-refractivity contribution in [1.29, 1.82) is 0 Å². The molecular formula is C14H23N3O. The normalized spacial score (nSPS) is 18.4. The van der Waals surface area contributed by atoms with E-state index in [4.69, 9.17) is 0 Å². The fraction of sp³-hybridized carbons (Fsp3) is 0.714. The summed E-state index contributed by atoms with van der Waals surface area (Å²) in [6.07, 6.45) is 7.60. The van der Waals surface area contributed by atoms with E-state index in [1.807, 2.05) is 31.9 Å². The molecule has 1 saturated carbocycles. The average molecular weight is 249 g/mol. The predicted molar refractivity (Wildman–Crippen MR) is 71.4 cm³/mol. The van der Waals surface area contributed by atoms with Gasteiger partial charge in [-0.15, -0.1) is 0 Å². The second-order valence-electron chi connectivity index (χ2n) is 5.50. The number of carbonyl (C=O) groups excluding carboxylic acids is 1. The maximum Gasteiger partial charge on any atom is 0.153 e. The van der Waals surface area contributed by atoms with Gasteiger partial charge >= 0.3 is 0 Å². The Kier molecular flexibility index (Phi) is 3.85. The predicted octanol–water partition coefficient (Wildman–Crippen LogP) is 1.80. The van der Waals surface area contributed by atoms with Crippen LogP contribution in [0, 0.1) is 0 Å². The van der Waals surface area contributed by atoms with Crippen molar-refractivity contribution in [3.8, 4) is 0 Å². The van der Waals surface area contributed by atoms with Crippen molar-refractivity contribution in [1.82, 2.24) is 14.7 Å². The van der Waals surface area contributed by atoms with Gasteiger partial charge in [-0.1, -0.05) is 12.8 Å². The molecule has 0 aliphatic heterocycles. The van der Waals surface area contributed by atoms with Gasteiger partial charge in [0.25, 0.3) is 0 Å². The van der Waals surface area contributed by atoms with Crippen LogP contribution in [0.5, 0.6) is 0 Å². The van der Waals surface area contributed by atoms with Gasteiger partial charge in [0.1, 0.15) is 0 Å². The number of Topliss-reactive ketones (excluding diaryl/α,β-unsaturated/α-hetero) is 1. The highest BCUT2D eigenvalue weighted by Gasteiger charge is 2.42. The topological polar surface area (TPSA) is 38.1 Å². The molecular weight excluding hydrogens is 226 g/mol. The Morgan fingerprint density at radius 2 is 2.11 bits per heavy atom. The van der Waals surface area contributed by atoms with Crippen LogP contribution in [-0.2, 0) is 18.3 Å². The molecule has 0 amide bonds. The quantitative estimate of drug-likeness (QED) is 0.798. The van der Waals surface area contributed by atoms with E-state index in [-0.39, 0.29) is 5.54 Å². The van der Waals surface area contributed by atoms with Crippen LogP contribution in [0.3, 0.4) is 0 Å². The minimum atomic E-state index is -0.196. The van der Waals surface area contributed by atoms with Crippen LogP contribution in [0.15, 0.2) is 12.3 Å². The molecule has 4 heteroatoms. The van der Waals surface area contributed by atoms with Gasteiger partial charge in [-0.2, -0.15) is 5.10 Å². The van der Waals surface area contributed by atoms with Crippen molar-refractivity contribution >= 4 is 5.78 Å². The standard InChI is InChI=1S/C14H23N3O/c1-16(2)14(9-4-5-10-14)13(18)7-6-12-8-11-15-17(12)3/h8,11H,4-7,9-10H2,1-3H3. The Bertz CT molecular complexity index is 416. The SMILES string of the molecule is CN(C)C1(C(=O)CCc2ccnn2C)CCCC1. The number of hydrogen-bond donors (Lipinski definition) is 0. The Hall–Kier alpha value is -1.16. The average Bonchev–Trinajstić information content (AvgIpc) is 2.95. The summed E-state index contributed by atoms with van der Waals surface area (Å²) in [4.78, 5) is 14.7. The minimum Gasteiger partial charge on any atom is -0.298 e. The monoisotopic (exact) mass is 249 g/mol. The molecule has 0 unspecified atom stereocenters. The van der Waals surface area contributed by atoms with Gasteiger partial charge in [-0.25, -0.2) is 0 Å². The molecule has 2 rings (SSSR count). The van der Waals surface area contributed by atoms with E-state index in [1.54, 1.807) is 6.20 Å². The minimum absolute atomic E-state index is 0.196. The number of hydrogen-bond acceptors (Lipinski definition) is 3. The summed E-state index contributed by atoms with van der Waals surface area (Å²) in [5, 5.41) is 4.14. The van der Waals surface area contributed by atoms with E-state index in [1.165, 1.54) is 12.8 Å². The highest BCUT2D eigenvalue weighted by Crippen LogP contribution is 2.35. The second kappa shape index (κ2) is 5.22. The van der Waals surface area contributed by atoms with Crippen molar-refractivity contribution in [2.75, 3.05) is 14.1 Å². The molecule has 18 heavy (non-hydrogen) atoms. The van der Waals surface area contributed by atoms with E-state index in [0.717, 1.165) is 25.0 Å². The highest BCUT2D eigenvalue weighted by molar-refractivity contribution is 5.88. The van der Waals surface area contributed by atoms with Gasteiger partial charge in [-0.05, 0) is 39.4 Å². The number of carbonyl (C=O) groups is 1. The summed E-state index contributed by atoms with van der Waals surface area (Å²) in [5.41, 5.74) is 0.939. The van der Waals surface area contributed by atoms with Gasteiger partial charge in [0, 0.05) is 25.4 Å². The van der Waals surface area contributed by atoms with Crippen LogP contribution in [0.4, 0.5) is 0 Å². The van der Waals surface area contributed by atoms with E-state index >= 15 is 0 Å². The Morgan fingerprint density at radius 3 is 2.61 bits per heavy atom. The molecule has 0 saturated heterocycles. The van der Waals surface area contributed by atoms with Gasteiger partial charge in [-0.3, -0.25) is 14.4 Å². The van der Waals surface area contributed by atoms with Gasteiger partial charge < -0.3 is 0 Å². The first-order valence-corrected chi connectivity index (χ1v) is 6.74. The molecule has 1 aromatic rings. The highest BCUT2D eigenvalue weighted by atomic mass is 16.1. The number of nitrogens with zero attached hydrogens (tertiary/aromatic N) is 3. The first kappa shape index (κ1) is 13.3. The lowest BCUT2D eigenvalue weighted by molar-refractivity contribution is -0.129. The smallest absolute Gasteiger partial charge is 0.153 e. The van der Waals surface area contributed by atoms with E-state index < -0.39 is 0 Å². The van der Waals surface area contributed by atoms with Gasteiger partial charge in [0.2, 0.25) is 0 Å². The van der Waals surface area contributed by atoms with Crippen LogP contribution in [0.25, 0.3) is 0 Å². The number of aryl methyl sites for hydroxylation is 2. The molecule has 0 atom stereocenters. The molecule has 100 valence electrons. The fourth-order valence-electron chi connectivity index (χ4n) is 3.06. The van der Waals surface area contributed by atoms with Crippen molar-refractivity contribution in [3.05, 3.63) is 18.0 Å². The third kappa shape index (κ3) is 2.34. The summed E-state index contributed by atoms with van der Waals surface area (Å²) in [6, 6.07) is 1.99. The molecule has 1 aromatic heterocycles. The fourth-order valence-corrected chi connectivity index (χ4v) is 3.06. The van der Waals surface area contributed by atoms with Crippen molar-refractivity contribution < 1.29 is 4.79 Å². The van der Waals surface area contributed by atoms with Crippen molar-refractivity contribution in [2.45, 2.75) is 44.1 Å². The van der Waals surface area contributed by atoms with Crippen LogP contribution < -0.4 is 0 Å². The van der Waals surface area contributed by atoms with Gasteiger partial charge in [0.15, 0.2) is 5.78 Å². The number of ketones is 1. The number of aromatic nitrogens is 2. The van der Waals surface area contributed by atoms with E-state index in [2.05, 4.69) is 10.00 Å². The first-order chi connectivity index (χ1) is 8.56. The zero-order valence-corrected chi connectivity index (χ0v) is 11.6. The summed E-state index contributed by atoms with van der Waals surface area (Å²) in [7, 11) is 6.00. The lowest BCUT2D eigenvalue weighted by Crippen LogP contribution is -2.49. The molecule has 1 aliphatic rings. The number of rotatable bonds is 5. The zero-order valence-electron chi connectivity index (χ0n) is 11.6.